The van der Waals surface area contributed by atoms with Crippen LogP contribution in [0, 0.1) is 19.7 Å². The van der Waals surface area contributed by atoms with Crippen molar-refractivity contribution in [1.29, 1.82) is 0 Å². The monoisotopic (exact) mass is 370 g/mol. The third-order valence-electron chi connectivity index (χ3n) is 5.37. The molecule has 0 bridgehead atoms. The second-order valence-corrected chi connectivity index (χ2v) is 7.32. The molecule has 0 saturated carbocycles. The van der Waals surface area contributed by atoms with Crippen molar-refractivity contribution in [2.75, 3.05) is 25.0 Å². The molecule has 1 saturated heterocycles. The smallest absolute Gasteiger partial charge is 0.222 e. The van der Waals surface area contributed by atoms with Gasteiger partial charge in [0.25, 0.3) is 0 Å². The van der Waals surface area contributed by atoms with E-state index < -0.39 is 0 Å². The van der Waals surface area contributed by atoms with Gasteiger partial charge in [0.2, 0.25) is 5.91 Å². The number of aryl methyl sites for hydroxylation is 3. The van der Waals surface area contributed by atoms with Crippen LogP contribution in [0.25, 0.3) is 0 Å². The lowest BCUT2D eigenvalue weighted by Crippen LogP contribution is -2.46. The molecule has 2 heterocycles. The molecule has 0 N–H and O–H groups in total. The normalized spacial score (nSPS) is 15.0. The molecule has 0 radical (unpaired) electrons. The topological polar surface area (TPSA) is 49.3 Å². The quantitative estimate of drug-likeness (QED) is 0.810. The Bertz CT molecular complexity index is 803. The number of carbonyl (C=O) groups excluding carboxylic acids is 1. The number of halogens is 1. The van der Waals surface area contributed by atoms with Gasteiger partial charge in [-0.1, -0.05) is 12.1 Å². The highest BCUT2D eigenvalue weighted by Crippen LogP contribution is 2.21. The van der Waals surface area contributed by atoms with Gasteiger partial charge in [0.1, 0.15) is 18.0 Å². The predicted molar refractivity (Wildman–Crippen MR) is 104 cm³/mol. The summed E-state index contributed by atoms with van der Waals surface area (Å²) < 4.78 is 13.3. The second-order valence-electron chi connectivity index (χ2n) is 7.32. The van der Waals surface area contributed by atoms with Gasteiger partial charge in [-0.05, 0) is 50.3 Å². The first-order valence-corrected chi connectivity index (χ1v) is 9.48. The van der Waals surface area contributed by atoms with E-state index in [1.165, 1.54) is 6.07 Å². The summed E-state index contributed by atoms with van der Waals surface area (Å²) in [5.41, 5.74) is 2.59. The van der Waals surface area contributed by atoms with E-state index in [1.807, 2.05) is 24.0 Å². The van der Waals surface area contributed by atoms with Gasteiger partial charge >= 0.3 is 0 Å². The molecular formula is C21H27FN4O. The maximum Gasteiger partial charge on any atom is 0.222 e. The minimum atomic E-state index is -0.199. The first-order valence-electron chi connectivity index (χ1n) is 9.48. The van der Waals surface area contributed by atoms with Crippen LogP contribution in [0.3, 0.4) is 0 Å². The highest BCUT2D eigenvalue weighted by Gasteiger charge is 2.25. The van der Waals surface area contributed by atoms with Gasteiger partial charge < -0.3 is 9.80 Å². The standard InChI is InChI=1S/C21H27FN4O/c1-15-12-17(4-6-19(15)22)5-7-21(27)26-10-8-18(9-11-26)25(3)20-13-16(2)23-14-24-20/h4,6,12-14,18H,5,7-11H2,1-3H3. The van der Waals surface area contributed by atoms with Crippen molar-refractivity contribution in [3.63, 3.8) is 0 Å². The summed E-state index contributed by atoms with van der Waals surface area (Å²) in [6.07, 6.45) is 4.58. The molecule has 1 aromatic carbocycles. The summed E-state index contributed by atoms with van der Waals surface area (Å²) in [7, 11) is 2.06. The van der Waals surface area contributed by atoms with Crippen LogP contribution < -0.4 is 4.90 Å². The molecule has 1 aliphatic heterocycles. The summed E-state index contributed by atoms with van der Waals surface area (Å²) in [4.78, 5) is 25.2. The lowest BCUT2D eigenvalue weighted by Gasteiger charge is -2.37. The largest absolute Gasteiger partial charge is 0.356 e. The summed E-state index contributed by atoms with van der Waals surface area (Å²) in [5, 5.41) is 0. The SMILES string of the molecule is Cc1cc(N(C)C2CCN(C(=O)CCc3ccc(F)c(C)c3)CC2)ncn1. The molecule has 2 aromatic rings. The van der Waals surface area contributed by atoms with Gasteiger partial charge in [-0.25, -0.2) is 14.4 Å². The van der Waals surface area contributed by atoms with Crippen LogP contribution in [-0.4, -0.2) is 47.0 Å². The molecule has 0 unspecified atom stereocenters. The van der Waals surface area contributed by atoms with Crippen LogP contribution in [-0.2, 0) is 11.2 Å². The molecule has 0 spiro atoms. The van der Waals surface area contributed by atoms with E-state index in [1.54, 1.807) is 19.3 Å². The van der Waals surface area contributed by atoms with Crippen LogP contribution in [0.5, 0.6) is 0 Å². The van der Waals surface area contributed by atoms with Crippen molar-refractivity contribution in [1.82, 2.24) is 14.9 Å². The van der Waals surface area contributed by atoms with E-state index in [-0.39, 0.29) is 11.7 Å². The van der Waals surface area contributed by atoms with Crippen molar-refractivity contribution >= 4 is 11.7 Å². The van der Waals surface area contributed by atoms with E-state index >= 15 is 0 Å². The lowest BCUT2D eigenvalue weighted by atomic mass is 10.0. The Balaban J connectivity index is 1.49. The van der Waals surface area contributed by atoms with E-state index in [2.05, 4.69) is 21.9 Å². The zero-order chi connectivity index (χ0) is 19.4. The lowest BCUT2D eigenvalue weighted by molar-refractivity contribution is -0.132. The molecule has 1 amide bonds. The van der Waals surface area contributed by atoms with Gasteiger partial charge in [0.05, 0.1) is 0 Å². The van der Waals surface area contributed by atoms with Crippen molar-refractivity contribution in [3.8, 4) is 0 Å². The van der Waals surface area contributed by atoms with Crippen LogP contribution in [0.2, 0.25) is 0 Å². The number of nitrogens with zero attached hydrogens (tertiary/aromatic N) is 4. The number of hydrogen-bond donors (Lipinski definition) is 0. The summed E-state index contributed by atoms with van der Waals surface area (Å²) >= 11 is 0. The number of anilines is 1. The number of amides is 1. The molecule has 0 atom stereocenters. The van der Waals surface area contributed by atoms with Crippen molar-refractivity contribution in [3.05, 3.63) is 53.2 Å². The van der Waals surface area contributed by atoms with Crippen LogP contribution >= 0.6 is 0 Å². The highest BCUT2D eigenvalue weighted by atomic mass is 19.1. The molecule has 1 fully saturated rings. The van der Waals surface area contributed by atoms with E-state index in [0.29, 0.717) is 24.4 Å². The Hall–Kier alpha value is -2.50. The number of aromatic nitrogens is 2. The summed E-state index contributed by atoms with van der Waals surface area (Å²) in [6, 6.07) is 7.43. The molecule has 144 valence electrons. The molecule has 1 aliphatic rings. The number of likely N-dealkylation sites (tertiary alicyclic amines) is 1. The predicted octanol–water partition coefficient (Wildman–Crippen LogP) is 3.29. The Morgan fingerprint density at radius 2 is 1.96 bits per heavy atom. The Morgan fingerprint density at radius 3 is 2.63 bits per heavy atom. The summed E-state index contributed by atoms with van der Waals surface area (Å²) in [6.45, 7) is 5.24. The molecule has 5 nitrogen and oxygen atoms in total. The Kier molecular flexibility index (Phi) is 6.04. The average molecular weight is 370 g/mol. The Labute approximate surface area is 160 Å². The number of rotatable bonds is 5. The minimum Gasteiger partial charge on any atom is -0.356 e. The fourth-order valence-corrected chi connectivity index (χ4v) is 3.59. The van der Waals surface area contributed by atoms with Gasteiger partial charge in [-0.2, -0.15) is 0 Å². The fraction of sp³-hybridized carbons (Fsp3) is 0.476. The zero-order valence-electron chi connectivity index (χ0n) is 16.3. The molecular weight excluding hydrogens is 343 g/mol. The number of benzene rings is 1. The van der Waals surface area contributed by atoms with E-state index in [4.69, 9.17) is 0 Å². The van der Waals surface area contributed by atoms with Crippen LogP contribution in [0.4, 0.5) is 10.2 Å². The molecule has 27 heavy (non-hydrogen) atoms. The first kappa shape index (κ1) is 19.3. The van der Waals surface area contributed by atoms with Gasteiger partial charge in [0, 0.05) is 44.4 Å². The highest BCUT2D eigenvalue weighted by molar-refractivity contribution is 5.76. The number of piperidine rings is 1. The van der Waals surface area contributed by atoms with Gasteiger partial charge in [-0.3, -0.25) is 4.79 Å². The fourth-order valence-electron chi connectivity index (χ4n) is 3.59. The van der Waals surface area contributed by atoms with Crippen LogP contribution in [0.15, 0.2) is 30.6 Å². The van der Waals surface area contributed by atoms with Crippen molar-refractivity contribution < 1.29 is 9.18 Å². The average Bonchev–Trinajstić information content (AvgIpc) is 2.68. The van der Waals surface area contributed by atoms with Gasteiger partial charge in [-0.15, -0.1) is 0 Å². The molecule has 3 rings (SSSR count). The van der Waals surface area contributed by atoms with Crippen LogP contribution in [0.1, 0.15) is 36.1 Å². The molecule has 0 aliphatic carbocycles. The maximum absolute atomic E-state index is 13.3. The second kappa shape index (κ2) is 8.46. The first-order chi connectivity index (χ1) is 12.9. The van der Waals surface area contributed by atoms with Crippen molar-refractivity contribution in [2.45, 2.75) is 45.6 Å². The summed E-state index contributed by atoms with van der Waals surface area (Å²) in [5.74, 6) is 0.907. The zero-order valence-corrected chi connectivity index (χ0v) is 16.3. The molecule has 1 aromatic heterocycles. The van der Waals surface area contributed by atoms with Crippen molar-refractivity contribution in [2.24, 2.45) is 0 Å². The number of carbonyl (C=O) groups is 1. The maximum atomic E-state index is 13.3. The number of hydrogen-bond acceptors (Lipinski definition) is 4. The minimum absolute atomic E-state index is 0.177. The van der Waals surface area contributed by atoms with E-state index in [0.717, 1.165) is 43.0 Å². The third kappa shape index (κ3) is 4.81. The van der Waals surface area contributed by atoms with E-state index in [9.17, 15) is 9.18 Å². The Morgan fingerprint density at radius 1 is 1.22 bits per heavy atom. The third-order valence-corrected chi connectivity index (χ3v) is 5.37. The molecule has 6 heteroatoms. The van der Waals surface area contributed by atoms with Gasteiger partial charge in [0.15, 0.2) is 0 Å².